The van der Waals surface area contributed by atoms with Gasteiger partial charge in [0, 0.05) is 32.6 Å². The summed E-state index contributed by atoms with van der Waals surface area (Å²) in [7, 11) is -4.16. The summed E-state index contributed by atoms with van der Waals surface area (Å²) >= 11 is 14.4. The number of benzene rings is 3. The normalized spacial score (nSPS) is 12.5. The first-order chi connectivity index (χ1) is 19.1. The standard InChI is InChI=1S/C30H35Cl2N3O4S2/c1-20-10-12-22(13-11-20)35(41(38,39)24-16-14-23(40-6)15-17-24)19-28(36)34(21(2)29(37)33-30(3,4)5)18-25-26(31)8-7-9-27(25)32/h7-17,21H,18-19H2,1-6H3,(H,33,37)/t21-/m1/s1. The molecule has 0 saturated heterocycles. The predicted octanol–water partition coefficient (Wildman–Crippen LogP) is 6.55. The van der Waals surface area contributed by atoms with Gasteiger partial charge in [0.2, 0.25) is 11.8 Å². The zero-order valence-corrected chi connectivity index (χ0v) is 27.1. The van der Waals surface area contributed by atoms with E-state index in [0.717, 1.165) is 14.8 Å². The van der Waals surface area contributed by atoms with Crippen LogP contribution in [0.1, 0.15) is 38.8 Å². The molecule has 1 N–H and O–H groups in total. The van der Waals surface area contributed by atoms with E-state index in [1.165, 1.54) is 28.8 Å². The zero-order valence-electron chi connectivity index (χ0n) is 23.9. The summed E-state index contributed by atoms with van der Waals surface area (Å²) in [5.41, 5.74) is 1.16. The van der Waals surface area contributed by atoms with Gasteiger partial charge in [-0.3, -0.25) is 13.9 Å². The molecule has 3 rings (SSSR count). The van der Waals surface area contributed by atoms with Gasteiger partial charge in [-0.15, -0.1) is 11.8 Å². The number of carbonyl (C=O) groups excluding carboxylic acids is 2. The number of thioether (sulfide) groups is 1. The van der Waals surface area contributed by atoms with E-state index in [4.69, 9.17) is 23.2 Å². The van der Waals surface area contributed by atoms with Crippen molar-refractivity contribution in [3.63, 3.8) is 0 Å². The van der Waals surface area contributed by atoms with E-state index in [2.05, 4.69) is 5.32 Å². The molecule has 0 saturated carbocycles. The molecule has 0 aliphatic heterocycles. The number of aryl methyl sites for hydroxylation is 1. The smallest absolute Gasteiger partial charge is 0.264 e. The molecule has 11 heteroatoms. The lowest BCUT2D eigenvalue weighted by Crippen LogP contribution is -2.54. The van der Waals surface area contributed by atoms with Gasteiger partial charge in [0.05, 0.1) is 10.6 Å². The highest BCUT2D eigenvalue weighted by atomic mass is 35.5. The van der Waals surface area contributed by atoms with Crippen molar-refractivity contribution in [2.45, 2.75) is 62.5 Å². The van der Waals surface area contributed by atoms with Gasteiger partial charge in [0.1, 0.15) is 12.6 Å². The van der Waals surface area contributed by atoms with Crippen molar-refractivity contribution < 1.29 is 18.0 Å². The fraction of sp³-hybridized carbons (Fsp3) is 0.333. The number of halogens is 2. The van der Waals surface area contributed by atoms with Crippen molar-refractivity contribution in [3.8, 4) is 0 Å². The molecule has 0 bridgehead atoms. The largest absolute Gasteiger partial charge is 0.350 e. The third kappa shape index (κ3) is 8.41. The molecule has 0 aromatic heterocycles. The fourth-order valence-electron chi connectivity index (χ4n) is 4.03. The van der Waals surface area contributed by atoms with Crippen molar-refractivity contribution >= 4 is 62.5 Å². The first kappa shape index (κ1) is 32.8. The number of hydrogen-bond acceptors (Lipinski definition) is 5. The molecule has 1 atom stereocenters. The lowest BCUT2D eigenvalue weighted by Gasteiger charge is -2.34. The number of anilines is 1. The summed E-state index contributed by atoms with van der Waals surface area (Å²) in [4.78, 5) is 29.6. The van der Waals surface area contributed by atoms with E-state index < -0.39 is 40.0 Å². The van der Waals surface area contributed by atoms with Gasteiger partial charge >= 0.3 is 0 Å². The number of nitrogens with one attached hydrogen (secondary N) is 1. The third-order valence-corrected chi connectivity index (χ3v) is 9.54. The Hall–Kier alpha value is -2.72. The summed E-state index contributed by atoms with van der Waals surface area (Å²) < 4.78 is 29.0. The molecule has 220 valence electrons. The molecular formula is C30H35Cl2N3O4S2. The highest BCUT2D eigenvalue weighted by Gasteiger charge is 2.34. The minimum absolute atomic E-state index is 0.0443. The van der Waals surface area contributed by atoms with E-state index in [0.29, 0.717) is 21.3 Å². The van der Waals surface area contributed by atoms with Gasteiger partial charge in [-0.1, -0.05) is 47.0 Å². The monoisotopic (exact) mass is 635 g/mol. The summed E-state index contributed by atoms with van der Waals surface area (Å²) in [5.74, 6) is -0.992. The fourth-order valence-corrected chi connectivity index (χ4v) is 6.36. The molecule has 2 amide bonds. The highest BCUT2D eigenvalue weighted by molar-refractivity contribution is 7.98. The van der Waals surface area contributed by atoms with Crippen LogP contribution >= 0.6 is 35.0 Å². The van der Waals surface area contributed by atoms with Crippen LogP contribution in [0.25, 0.3) is 0 Å². The summed E-state index contributed by atoms with van der Waals surface area (Å²) in [6.07, 6.45) is 1.90. The van der Waals surface area contributed by atoms with Crippen LogP contribution in [0.3, 0.4) is 0 Å². The van der Waals surface area contributed by atoms with E-state index in [9.17, 15) is 18.0 Å². The van der Waals surface area contributed by atoms with Crippen LogP contribution in [0.4, 0.5) is 5.69 Å². The molecule has 0 unspecified atom stereocenters. The zero-order chi connectivity index (χ0) is 30.5. The van der Waals surface area contributed by atoms with Crippen LogP contribution in [0.5, 0.6) is 0 Å². The van der Waals surface area contributed by atoms with Gasteiger partial charge < -0.3 is 10.2 Å². The number of sulfonamides is 1. The molecule has 3 aromatic rings. The first-order valence-electron chi connectivity index (χ1n) is 12.9. The number of carbonyl (C=O) groups is 2. The molecule has 0 aliphatic carbocycles. The van der Waals surface area contributed by atoms with E-state index >= 15 is 0 Å². The molecule has 41 heavy (non-hydrogen) atoms. The lowest BCUT2D eigenvalue weighted by atomic mass is 10.1. The van der Waals surface area contributed by atoms with Crippen molar-refractivity contribution in [3.05, 3.63) is 87.9 Å². The average molecular weight is 637 g/mol. The maximum absolute atomic E-state index is 14.1. The molecule has 7 nitrogen and oxygen atoms in total. The minimum atomic E-state index is -4.16. The Kier molecular flexibility index (Phi) is 10.8. The molecule has 0 heterocycles. The third-order valence-electron chi connectivity index (χ3n) is 6.30. The Morgan fingerprint density at radius 1 is 0.951 bits per heavy atom. The number of amides is 2. The molecule has 0 radical (unpaired) electrons. The van der Waals surface area contributed by atoms with Gasteiger partial charge in [0.25, 0.3) is 10.0 Å². The Bertz CT molecular complexity index is 1470. The van der Waals surface area contributed by atoms with Crippen molar-refractivity contribution in [1.82, 2.24) is 10.2 Å². The number of nitrogens with zero attached hydrogens (tertiary/aromatic N) is 2. The molecule has 0 aliphatic rings. The first-order valence-corrected chi connectivity index (χ1v) is 16.3. The van der Waals surface area contributed by atoms with E-state index in [1.807, 2.05) is 34.0 Å². The molecule has 0 spiro atoms. The molecular weight excluding hydrogens is 601 g/mol. The van der Waals surface area contributed by atoms with Gasteiger partial charge in [-0.25, -0.2) is 8.42 Å². The van der Waals surface area contributed by atoms with Crippen LogP contribution in [-0.4, -0.2) is 49.5 Å². The van der Waals surface area contributed by atoms with Crippen LogP contribution in [0.2, 0.25) is 10.0 Å². The van der Waals surface area contributed by atoms with Crippen LogP contribution in [0.15, 0.2) is 76.5 Å². The van der Waals surface area contributed by atoms with Crippen LogP contribution < -0.4 is 9.62 Å². The highest BCUT2D eigenvalue weighted by Crippen LogP contribution is 2.29. The van der Waals surface area contributed by atoms with E-state index in [-0.39, 0.29) is 11.4 Å². The molecule has 0 fully saturated rings. The Labute approximate surface area is 257 Å². The SMILES string of the molecule is CSc1ccc(S(=O)(=O)N(CC(=O)N(Cc2c(Cl)cccc2Cl)[C@H](C)C(=O)NC(C)(C)C)c2ccc(C)cc2)cc1. The quantitative estimate of drug-likeness (QED) is 0.255. The number of rotatable bonds is 10. The van der Waals surface area contributed by atoms with E-state index in [1.54, 1.807) is 61.5 Å². The van der Waals surface area contributed by atoms with Crippen molar-refractivity contribution in [2.75, 3.05) is 17.1 Å². The van der Waals surface area contributed by atoms with Crippen molar-refractivity contribution in [2.24, 2.45) is 0 Å². The maximum atomic E-state index is 14.1. The number of hydrogen-bond donors (Lipinski definition) is 1. The van der Waals surface area contributed by atoms with Crippen LogP contribution in [0, 0.1) is 6.92 Å². The Balaban J connectivity index is 2.07. The molecule has 3 aromatic carbocycles. The van der Waals surface area contributed by atoms with Crippen molar-refractivity contribution in [1.29, 1.82) is 0 Å². The Morgan fingerprint density at radius 3 is 2.02 bits per heavy atom. The van der Waals surface area contributed by atoms with Crippen LogP contribution in [-0.2, 0) is 26.2 Å². The Morgan fingerprint density at radius 2 is 1.51 bits per heavy atom. The summed E-state index contributed by atoms with van der Waals surface area (Å²) in [6, 6.07) is 17.4. The van der Waals surface area contributed by atoms with Gasteiger partial charge in [-0.05, 0) is 89.4 Å². The topological polar surface area (TPSA) is 86.8 Å². The predicted molar refractivity (Wildman–Crippen MR) is 168 cm³/mol. The minimum Gasteiger partial charge on any atom is -0.350 e. The average Bonchev–Trinajstić information content (AvgIpc) is 2.90. The second kappa shape index (κ2) is 13.5. The summed E-state index contributed by atoms with van der Waals surface area (Å²) in [6.45, 7) is 8.34. The second-order valence-electron chi connectivity index (χ2n) is 10.7. The maximum Gasteiger partial charge on any atom is 0.264 e. The van der Waals surface area contributed by atoms with Gasteiger partial charge in [0.15, 0.2) is 0 Å². The summed E-state index contributed by atoms with van der Waals surface area (Å²) in [5, 5.41) is 3.55. The second-order valence-corrected chi connectivity index (χ2v) is 14.2. The lowest BCUT2D eigenvalue weighted by molar-refractivity contribution is -0.140. The van der Waals surface area contributed by atoms with Gasteiger partial charge in [-0.2, -0.15) is 0 Å².